The van der Waals surface area contributed by atoms with Gasteiger partial charge in [-0.2, -0.15) is 0 Å². The van der Waals surface area contributed by atoms with Crippen LogP contribution < -0.4 is 11.1 Å². The highest BCUT2D eigenvalue weighted by molar-refractivity contribution is 5.98. The maximum atomic E-state index is 13.5. The van der Waals surface area contributed by atoms with E-state index in [1.807, 2.05) is 0 Å². The molecule has 0 amide bonds. The summed E-state index contributed by atoms with van der Waals surface area (Å²) in [5.74, 6) is -1.84. The van der Waals surface area contributed by atoms with Crippen molar-refractivity contribution in [3.63, 3.8) is 0 Å². The van der Waals surface area contributed by atoms with Crippen molar-refractivity contribution in [1.82, 2.24) is 0 Å². The lowest BCUT2D eigenvalue weighted by Gasteiger charge is -2.12. The number of rotatable bonds is 4. The number of nitrogen functional groups attached to an aromatic ring is 1. The van der Waals surface area contributed by atoms with Crippen LogP contribution in [-0.4, -0.2) is 13.1 Å². The van der Waals surface area contributed by atoms with E-state index >= 15 is 0 Å². The van der Waals surface area contributed by atoms with Crippen LogP contribution in [-0.2, 0) is 11.3 Å². The first kappa shape index (κ1) is 14.8. The maximum Gasteiger partial charge on any atom is 0.340 e. The number of carbonyl (C=O) groups is 1. The molecule has 4 nitrogen and oxygen atoms in total. The Balaban J connectivity index is 2.18. The zero-order valence-corrected chi connectivity index (χ0v) is 11.3. The van der Waals surface area contributed by atoms with Crippen molar-refractivity contribution < 1.29 is 18.3 Å². The zero-order chi connectivity index (χ0) is 15.4. The van der Waals surface area contributed by atoms with Crippen LogP contribution in [0.15, 0.2) is 36.4 Å². The number of nitrogens with one attached hydrogen (secondary N) is 1. The first-order valence-corrected chi connectivity index (χ1v) is 6.17. The lowest BCUT2D eigenvalue weighted by molar-refractivity contribution is 0.0602. The molecule has 0 unspecified atom stereocenters. The number of nitrogens with two attached hydrogens (primary N) is 1. The average molecular weight is 292 g/mol. The molecule has 0 saturated carbocycles. The molecule has 2 rings (SSSR count). The van der Waals surface area contributed by atoms with Crippen molar-refractivity contribution in [2.75, 3.05) is 18.2 Å². The van der Waals surface area contributed by atoms with E-state index in [9.17, 15) is 13.6 Å². The third-order valence-corrected chi connectivity index (χ3v) is 3.00. The number of anilines is 2. The topological polar surface area (TPSA) is 64.3 Å². The Hall–Kier alpha value is -2.63. The van der Waals surface area contributed by atoms with Crippen molar-refractivity contribution in [3.05, 3.63) is 59.2 Å². The number of hydrogen-bond acceptors (Lipinski definition) is 4. The smallest absolute Gasteiger partial charge is 0.340 e. The second kappa shape index (κ2) is 6.21. The summed E-state index contributed by atoms with van der Waals surface area (Å²) in [6.45, 7) is 0.112. The van der Waals surface area contributed by atoms with Crippen LogP contribution in [0.4, 0.5) is 20.2 Å². The molecule has 0 heterocycles. The average Bonchev–Trinajstić information content (AvgIpc) is 2.47. The van der Waals surface area contributed by atoms with Gasteiger partial charge in [0.2, 0.25) is 0 Å². The van der Waals surface area contributed by atoms with Crippen molar-refractivity contribution >= 4 is 17.3 Å². The molecule has 0 aliphatic carbocycles. The van der Waals surface area contributed by atoms with Gasteiger partial charge in [-0.05, 0) is 18.2 Å². The summed E-state index contributed by atoms with van der Waals surface area (Å²) >= 11 is 0. The maximum absolute atomic E-state index is 13.5. The van der Waals surface area contributed by atoms with Gasteiger partial charge < -0.3 is 15.8 Å². The minimum absolute atomic E-state index is 0.112. The molecule has 2 aromatic carbocycles. The molecule has 0 radical (unpaired) electrons. The molecular formula is C15H14F2N2O2. The van der Waals surface area contributed by atoms with E-state index in [1.165, 1.54) is 25.3 Å². The van der Waals surface area contributed by atoms with Gasteiger partial charge in [-0.3, -0.25) is 0 Å². The standard InChI is InChI=1S/C15H14F2N2O2/c1-21-15(20)11-3-2-4-13(14(11)18)19-8-9-5-6-10(16)7-12(9)17/h2-7,19H,8,18H2,1H3. The van der Waals surface area contributed by atoms with Crippen LogP contribution in [0.5, 0.6) is 0 Å². The number of carbonyl (C=O) groups excluding carboxylic acids is 1. The molecule has 0 aromatic heterocycles. The molecular weight excluding hydrogens is 278 g/mol. The third-order valence-electron chi connectivity index (χ3n) is 3.00. The Bertz CT molecular complexity index is 675. The Labute approximate surface area is 120 Å². The van der Waals surface area contributed by atoms with Gasteiger partial charge in [0.25, 0.3) is 0 Å². The molecule has 6 heteroatoms. The van der Waals surface area contributed by atoms with Crippen molar-refractivity contribution in [1.29, 1.82) is 0 Å². The molecule has 3 N–H and O–H groups in total. The van der Waals surface area contributed by atoms with Gasteiger partial charge in [0, 0.05) is 18.2 Å². The van der Waals surface area contributed by atoms with Gasteiger partial charge in [0.1, 0.15) is 11.6 Å². The molecule has 0 spiro atoms. The number of ether oxygens (including phenoxy) is 1. The lowest BCUT2D eigenvalue weighted by atomic mass is 10.1. The van der Waals surface area contributed by atoms with E-state index in [0.29, 0.717) is 11.3 Å². The van der Waals surface area contributed by atoms with E-state index in [-0.39, 0.29) is 17.8 Å². The molecule has 110 valence electrons. The van der Waals surface area contributed by atoms with Crippen LogP contribution in [0, 0.1) is 11.6 Å². The summed E-state index contributed by atoms with van der Waals surface area (Å²) in [7, 11) is 1.26. The first-order valence-electron chi connectivity index (χ1n) is 6.17. The summed E-state index contributed by atoms with van der Waals surface area (Å²) in [5, 5.41) is 2.91. The quantitative estimate of drug-likeness (QED) is 0.671. The van der Waals surface area contributed by atoms with Gasteiger partial charge in [-0.25, -0.2) is 13.6 Å². The van der Waals surface area contributed by atoms with Crippen LogP contribution in [0.25, 0.3) is 0 Å². The highest BCUT2D eigenvalue weighted by Crippen LogP contribution is 2.24. The van der Waals surface area contributed by atoms with Gasteiger partial charge in [0.15, 0.2) is 0 Å². The Morgan fingerprint density at radius 1 is 1.29 bits per heavy atom. The first-order chi connectivity index (χ1) is 10.0. The molecule has 0 aliphatic rings. The Morgan fingerprint density at radius 3 is 2.71 bits per heavy atom. The van der Waals surface area contributed by atoms with Crippen molar-refractivity contribution in [2.45, 2.75) is 6.54 Å². The fourth-order valence-electron chi connectivity index (χ4n) is 1.86. The van der Waals surface area contributed by atoms with Gasteiger partial charge in [-0.15, -0.1) is 0 Å². The fourth-order valence-corrected chi connectivity index (χ4v) is 1.86. The molecule has 0 atom stereocenters. The van der Waals surface area contributed by atoms with Gasteiger partial charge >= 0.3 is 5.97 Å². The minimum atomic E-state index is -0.648. The van der Waals surface area contributed by atoms with E-state index in [0.717, 1.165) is 6.07 Å². The fraction of sp³-hybridized carbons (Fsp3) is 0.133. The van der Waals surface area contributed by atoms with Gasteiger partial charge in [0.05, 0.1) is 24.0 Å². The summed E-state index contributed by atoms with van der Waals surface area (Å²) in [6.07, 6.45) is 0. The number of methoxy groups -OCH3 is 1. The van der Waals surface area contributed by atoms with Crippen LogP contribution in [0.2, 0.25) is 0 Å². The van der Waals surface area contributed by atoms with Gasteiger partial charge in [-0.1, -0.05) is 12.1 Å². The number of benzene rings is 2. The largest absolute Gasteiger partial charge is 0.465 e. The molecule has 0 bridgehead atoms. The van der Waals surface area contributed by atoms with Crippen LogP contribution in [0.1, 0.15) is 15.9 Å². The lowest BCUT2D eigenvalue weighted by Crippen LogP contribution is -2.09. The van der Waals surface area contributed by atoms with Crippen LogP contribution >= 0.6 is 0 Å². The van der Waals surface area contributed by atoms with Crippen LogP contribution in [0.3, 0.4) is 0 Å². The predicted molar refractivity (Wildman–Crippen MR) is 75.9 cm³/mol. The second-order valence-corrected chi connectivity index (χ2v) is 4.35. The minimum Gasteiger partial charge on any atom is -0.465 e. The van der Waals surface area contributed by atoms with Crippen molar-refractivity contribution in [3.8, 4) is 0 Å². The summed E-state index contributed by atoms with van der Waals surface area (Å²) in [6, 6.07) is 8.15. The SMILES string of the molecule is COC(=O)c1cccc(NCc2ccc(F)cc2F)c1N. The van der Waals surface area contributed by atoms with E-state index in [4.69, 9.17) is 5.73 Å². The summed E-state index contributed by atoms with van der Waals surface area (Å²) in [5.41, 5.74) is 7.07. The van der Waals surface area contributed by atoms with Crippen molar-refractivity contribution in [2.24, 2.45) is 0 Å². The Kier molecular flexibility index (Phi) is 4.37. The molecule has 0 aliphatic heterocycles. The summed E-state index contributed by atoms with van der Waals surface area (Å²) < 4.78 is 31.0. The highest BCUT2D eigenvalue weighted by atomic mass is 19.1. The van der Waals surface area contributed by atoms with E-state index in [1.54, 1.807) is 12.1 Å². The molecule has 2 aromatic rings. The highest BCUT2D eigenvalue weighted by Gasteiger charge is 2.13. The second-order valence-electron chi connectivity index (χ2n) is 4.35. The number of halogens is 2. The molecule has 0 fully saturated rings. The normalized spacial score (nSPS) is 10.2. The number of esters is 1. The molecule has 21 heavy (non-hydrogen) atoms. The third kappa shape index (κ3) is 3.28. The zero-order valence-electron chi connectivity index (χ0n) is 11.3. The van der Waals surface area contributed by atoms with E-state index < -0.39 is 17.6 Å². The molecule has 0 saturated heterocycles. The Morgan fingerprint density at radius 2 is 2.05 bits per heavy atom. The number of para-hydroxylation sites is 1. The van der Waals surface area contributed by atoms with E-state index in [2.05, 4.69) is 10.1 Å². The summed E-state index contributed by atoms with van der Waals surface area (Å²) in [4.78, 5) is 11.5. The number of hydrogen-bond donors (Lipinski definition) is 2. The predicted octanol–water partition coefficient (Wildman–Crippen LogP) is 2.95. The monoisotopic (exact) mass is 292 g/mol.